The molecule has 0 spiro atoms. The van der Waals surface area contributed by atoms with Crippen molar-refractivity contribution in [3.63, 3.8) is 0 Å². The number of nitrogens with two attached hydrogens (primary N) is 2. The Kier molecular flexibility index (Phi) is 8.20. The number of anilines is 2. The van der Waals surface area contributed by atoms with Gasteiger partial charge in [0.15, 0.2) is 5.82 Å². The summed E-state index contributed by atoms with van der Waals surface area (Å²) in [7, 11) is 0. The zero-order chi connectivity index (χ0) is 24.9. The van der Waals surface area contributed by atoms with Crippen molar-refractivity contribution in [2.24, 2.45) is 16.5 Å². The van der Waals surface area contributed by atoms with Crippen LogP contribution in [0, 0.1) is 12.7 Å². The third-order valence-corrected chi connectivity index (χ3v) is 6.88. The van der Waals surface area contributed by atoms with Crippen molar-refractivity contribution in [3.8, 4) is 0 Å². The molecule has 2 aromatic rings. The first-order chi connectivity index (χ1) is 16.8. The molecule has 0 saturated carbocycles. The summed E-state index contributed by atoms with van der Waals surface area (Å²) in [6.45, 7) is 7.51. The van der Waals surface area contributed by atoms with Crippen molar-refractivity contribution in [2.45, 2.75) is 51.5 Å². The number of hydrogen-bond donors (Lipinski definition) is 3. The average molecular weight is 502 g/mol. The van der Waals surface area contributed by atoms with E-state index in [2.05, 4.69) is 25.2 Å². The van der Waals surface area contributed by atoms with Gasteiger partial charge in [-0.3, -0.25) is 0 Å². The second-order valence-corrected chi connectivity index (χ2v) is 9.66. The van der Waals surface area contributed by atoms with Crippen LogP contribution in [-0.4, -0.2) is 53.0 Å². The minimum Gasteiger partial charge on any atom is -0.402 e. The number of likely N-dealkylation sites (tertiary alicyclic amines) is 1. The molecule has 0 amide bonds. The fourth-order valence-corrected chi connectivity index (χ4v) is 5.00. The van der Waals surface area contributed by atoms with Crippen LogP contribution in [0.25, 0.3) is 0 Å². The number of rotatable bonds is 6. The molecule has 1 aromatic carbocycles. The topological polar surface area (TPSA) is 115 Å². The monoisotopic (exact) mass is 501 g/mol. The third-order valence-electron chi connectivity index (χ3n) is 6.61. The maximum atomic E-state index is 15.1. The minimum atomic E-state index is -0.345. The zero-order valence-corrected chi connectivity index (χ0v) is 21.0. The number of amidine groups is 1. The van der Waals surface area contributed by atoms with Gasteiger partial charge in [0.2, 0.25) is 5.95 Å². The van der Waals surface area contributed by atoms with Gasteiger partial charge in [-0.15, -0.1) is 0 Å². The van der Waals surface area contributed by atoms with Crippen LogP contribution in [0.2, 0.25) is 5.02 Å². The minimum absolute atomic E-state index is 0.158. The number of allylic oxidation sites excluding steroid dienone is 1. The summed E-state index contributed by atoms with van der Waals surface area (Å²) in [4.78, 5) is 15.2. The van der Waals surface area contributed by atoms with Gasteiger partial charge in [-0.1, -0.05) is 11.6 Å². The lowest BCUT2D eigenvalue weighted by Gasteiger charge is -2.39. The first-order valence-electron chi connectivity index (χ1n) is 12.0. The number of nitrogens with zero attached hydrogens (tertiary/aromatic N) is 4. The Bertz CT molecular complexity index is 1110. The molecule has 0 bridgehead atoms. The molecule has 0 atom stereocenters. The predicted molar refractivity (Wildman–Crippen MR) is 138 cm³/mol. The molecule has 4 rings (SSSR count). The van der Waals surface area contributed by atoms with E-state index in [1.807, 2.05) is 13.0 Å². The zero-order valence-electron chi connectivity index (χ0n) is 20.2. The molecule has 10 heteroatoms. The van der Waals surface area contributed by atoms with Gasteiger partial charge in [0.05, 0.1) is 11.9 Å². The van der Waals surface area contributed by atoms with Gasteiger partial charge in [-0.25, -0.2) is 14.4 Å². The number of aryl methyl sites for hydroxylation is 1. The number of nitrogens with one attached hydrogen (secondary N) is 1. The number of hydrogen-bond acceptors (Lipinski definition) is 7. The standard InChI is InChI=1S/C25H33ClFN7O/c1-15-11-22(31-25-30-14-20(26)24(33-25)32-23(29)12-16(2)28)21(27)13-19(15)17-3-7-34(8-4-17)18-5-9-35-10-6-18/h11-14,17-18H,3-10,28H2,1-2H3,(H3,29,30,31,32,33)/b16-12-. The van der Waals surface area contributed by atoms with Crippen LogP contribution in [0.5, 0.6) is 0 Å². The first kappa shape index (κ1) is 25.3. The van der Waals surface area contributed by atoms with Crippen molar-refractivity contribution in [2.75, 3.05) is 31.6 Å². The van der Waals surface area contributed by atoms with E-state index in [0.717, 1.165) is 63.1 Å². The number of aliphatic imine (C=N–C) groups is 1. The lowest BCUT2D eigenvalue weighted by Crippen LogP contribution is -2.43. The van der Waals surface area contributed by atoms with Crippen LogP contribution in [0.4, 0.5) is 21.8 Å². The van der Waals surface area contributed by atoms with Gasteiger partial charge in [0.1, 0.15) is 16.7 Å². The lowest BCUT2D eigenvalue weighted by molar-refractivity contribution is 0.0251. The highest BCUT2D eigenvalue weighted by Crippen LogP contribution is 2.35. The Morgan fingerprint density at radius 3 is 2.63 bits per heavy atom. The van der Waals surface area contributed by atoms with Gasteiger partial charge < -0.3 is 26.4 Å². The Balaban J connectivity index is 1.46. The summed E-state index contributed by atoms with van der Waals surface area (Å²) >= 11 is 6.15. The Morgan fingerprint density at radius 2 is 1.94 bits per heavy atom. The second-order valence-electron chi connectivity index (χ2n) is 9.26. The van der Waals surface area contributed by atoms with Crippen LogP contribution >= 0.6 is 11.6 Å². The van der Waals surface area contributed by atoms with Crippen molar-refractivity contribution >= 4 is 34.9 Å². The summed E-state index contributed by atoms with van der Waals surface area (Å²) in [6, 6.07) is 4.08. The van der Waals surface area contributed by atoms with Crippen molar-refractivity contribution in [3.05, 3.63) is 52.1 Å². The normalized spacial score (nSPS) is 19.2. The molecule has 0 unspecified atom stereocenters. The summed E-state index contributed by atoms with van der Waals surface area (Å²) in [6.07, 6.45) is 7.17. The Labute approximate surface area is 210 Å². The third kappa shape index (κ3) is 6.48. The number of benzene rings is 1. The quantitative estimate of drug-likeness (QED) is 0.393. The molecule has 35 heavy (non-hydrogen) atoms. The largest absolute Gasteiger partial charge is 0.402 e. The maximum Gasteiger partial charge on any atom is 0.229 e. The molecule has 0 aliphatic carbocycles. The van der Waals surface area contributed by atoms with E-state index in [1.165, 1.54) is 12.3 Å². The summed E-state index contributed by atoms with van der Waals surface area (Å²) in [5.74, 6) is 0.506. The van der Waals surface area contributed by atoms with Crippen LogP contribution < -0.4 is 16.8 Å². The maximum absolute atomic E-state index is 15.1. The highest BCUT2D eigenvalue weighted by Gasteiger charge is 2.28. The summed E-state index contributed by atoms with van der Waals surface area (Å²) in [5, 5.41) is 3.17. The second kappa shape index (κ2) is 11.3. The Morgan fingerprint density at radius 1 is 1.23 bits per heavy atom. The van der Waals surface area contributed by atoms with Crippen molar-refractivity contribution in [1.82, 2.24) is 14.9 Å². The summed E-state index contributed by atoms with van der Waals surface area (Å²) < 4.78 is 20.6. The predicted octanol–water partition coefficient (Wildman–Crippen LogP) is 4.53. The fraction of sp³-hybridized carbons (Fsp3) is 0.480. The molecular weight excluding hydrogens is 469 g/mol. The van der Waals surface area contributed by atoms with E-state index in [4.69, 9.17) is 27.8 Å². The molecule has 2 aliphatic heterocycles. The highest BCUT2D eigenvalue weighted by molar-refractivity contribution is 6.32. The van der Waals surface area contributed by atoms with Crippen molar-refractivity contribution in [1.29, 1.82) is 0 Å². The molecule has 2 aliphatic rings. The molecular formula is C25H33ClFN7O. The van der Waals surface area contributed by atoms with Gasteiger partial charge in [0.25, 0.3) is 0 Å². The number of piperidine rings is 1. The number of aromatic nitrogens is 2. The van der Waals surface area contributed by atoms with E-state index >= 15 is 4.39 Å². The van der Waals surface area contributed by atoms with Crippen LogP contribution in [0.3, 0.4) is 0 Å². The van der Waals surface area contributed by atoms with E-state index in [9.17, 15) is 0 Å². The summed E-state index contributed by atoms with van der Waals surface area (Å²) in [5.41, 5.74) is 14.4. The fourth-order valence-electron chi connectivity index (χ4n) is 4.86. The molecule has 188 valence electrons. The van der Waals surface area contributed by atoms with Gasteiger partial charge in [-0.05, 0) is 87.9 Å². The molecule has 2 saturated heterocycles. The van der Waals surface area contributed by atoms with Crippen LogP contribution in [0.1, 0.15) is 49.7 Å². The van der Waals surface area contributed by atoms with Gasteiger partial charge >= 0.3 is 0 Å². The SMILES string of the molecule is C/C(N)=C/C(N)=Nc1nc(Nc2cc(C)c(C3CCN(C4CCOCC4)CC3)cc2F)ncc1Cl. The van der Waals surface area contributed by atoms with Crippen molar-refractivity contribution < 1.29 is 9.13 Å². The Hall–Kier alpha value is -2.75. The van der Waals surface area contributed by atoms with Gasteiger partial charge in [-0.2, -0.15) is 4.98 Å². The lowest BCUT2D eigenvalue weighted by atomic mass is 9.85. The van der Waals surface area contributed by atoms with E-state index in [-0.39, 0.29) is 28.4 Å². The molecule has 2 fully saturated rings. The molecule has 1 aromatic heterocycles. The van der Waals surface area contributed by atoms with E-state index < -0.39 is 0 Å². The molecule has 3 heterocycles. The smallest absolute Gasteiger partial charge is 0.229 e. The van der Waals surface area contributed by atoms with E-state index in [0.29, 0.717) is 23.3 Å². The average Bonchev–Trinajstić information content (AvgIpc) is 2.83. The number of ether oxygens (including phenoxy) is 1. The van der Waals surface area contributed by atoms with Crippen LogP contribution in [-0.2, 0) is 4.74 Å². The van der Waals surface area contributed by atoms with Crippen LogP contribution in [0.15, 0.2) is 35.1 Å². The number of halogens is 2. The van der Waals surface area contributed by atoms with E-state index in [1.54, 1.807) is 13.0 Å². The molecule has 5 N–H and O–H groups in total. The molecule has 8 nitrogen and oxygen atoms in total. The van der Waals surface area contributed by atoms with Gasteiger partial charge in [0, 0.05) is 25.0 Å². The first-order valence-corrected chi connectivity index (χ1v) is 12.4. The highest BCUT2D eigenvalue weighted by atomic mass is 35.5. The molecule has 0 radical (unpaired) electrons.